The zero-order valence-electron chi connectivity index (χ0n) is 14.6. The third-order valence-electron chi connectivity index (χ3n) is 3.81. The highest BCUT2D eigenvalue weighted by Gasteiger charge is 2.19. The Balaban J connectivity index is 1.35. The Bertz CT molecular complexity index is 1010. The topological polar surface area (TPSA) is 85.4 Å². The van der Waals surface area contributed by atoms with E-state index in [1.165, 1.54) is 29.2 Å². The van der Waals surface area contributed by atoms with Crippen LogP contribution >= 0.6 is 23.1 Å². The Hall–Kier alpha value is -2.85. The number of nitrogens with zero attached hydrogens (tertiary/aromatic N) is 2. The van der Waals surface area contributed by atoms with Crippen LogP contribution in [0.4, 0.5) is 20.9 Å². The predicted octanol–water partition coefficient (Wildman–Crippen LogP) is 4.27. The first-order chi connectivity index (χ1) is 13.6. The molecule has 0 fully saturated rings. The highest BCUT2D eigenvalue weighted by molar-refractivity contribution is 8.02. The lowest BCUT2D eigenvalue weighted by atomic mass is 10.2. The van der Waals surface area contributed by atoms with Crippen molar-refractivity contribution in [1.29, 1.82) is 0 Å². The summed E-state index contributed by atoms with van der Waals surface area (Å²) in [6.07, 6.45) is 0. The fourth-order valence-corrected chi connectivity index (χ4v) is 4.32. The molecule has 0 unspecified atom stereocenters. The van der Waals surface area contributed by atoms with E-state index in [-0.39, 0.29) is 18.5 Å². The number of para-hydroxylation sites is 1. The molecule has 1 atom stereocenters. The third kappa shape index (κ3) is 4.18. The van der Waals surface area contributed by atoms with E-state index in [1.54, 1.807) is 43.3 Å². The molecular weight excluding hydrogens is 403 g/mol. The van der Waals surface area contributed by atoms with E-state index in [2.05, 4.69) is 20.8 Å². The SMILES string of the molecule is C[C@H](Sc1nnc(Nc2ccccc2F)s1)C(=O)Nc1ccc2c(c1)OCO2. The summed E-state index contributed by atoms with van der Waals surface area (Å²) < 4.78 is 24.9. The number of anilines is 3. The van der Waals surface area contributed by atoms with E-state index in [0.717, 1.165) is 0 Å². The van der Waals surface area contributed by atoms with Gasteiger partial charge in [0.1, 0.15) is 5.82 Å². The fraction of sp³-hybridized carbons (Fsp3) is 0.167. The van der Waals surface area contributed by atoms with Crippen molar-refractivity contribution in [2.45, 2.75) is 16.5 Å². The van der Waals surface area contributed by atoms with Gasteiger partial charge in [0.25, 0.3) is 0 Å². The van der Waals surface area contributed by atoms with Gasteiger partial charge in [-0.1, -0.05) is 35.2 Å². The molecule has 0 saturated heterocycles. The number of fused-ring (bicyclic) bond motifs is 1. The molecule has 0 aliphatic carbocycles. The van der Waals surface area contributed by atoms with Gasteiger partial charge < -0.3 is 20.1 Å². The summed E-state index contributed by atoms with van der Waals surface area (Å²) in [5.74, 6) is 0.710. The van der Waals surface area contributed by atoms with Crippen molar-refractivity contribution in [2.75, 3.05) is 17.4 Å². The van der Waals surface area contributed by atoms with Crippen LogP contribution in [-0.4, -0.2) is 28.1 Å². The Morgan fingerprint density at radius 3 is 2.89 bits per heavy atom. The number of amides is 1. The van der Waals surface area contributed by atoms with Crippen molar-refractivity contribution in [3.8, 4) is 11.5 Å². The first-order valence-corrected chi connectivity index (χ1v) is 10.0. The number of rotatable bonds is 6. The van der Waals surface area contributed by atoms with E-state index >= 15 is 0 Å². The van der Waals surface area contributed by atoms with Crippen LogP contribution in [0.3, 0.4) is 0 Å². The number of thioether (sulfide) groups is 1. The molecule has 4 rings (SSSR count). The van der Waals surface area contributed by atoms with Crippen molar-refractivity contribution < 1.29 is 18.7 Å². The molecule has 2 heterocycles. The highest BCUT2D eigenvalue weighted by Crippen LogP contribution is 2.35. The molecule has 0 saturated carbocycles. The number of aromatic nitrogens is 2. The smallest absolute Gasteiger partial charge is 0.237 e. The summed E-state index contributed by atoms with van der Waals surface area (Å²) in [5, 5.41) is 13.8. The van der Waals surface area contributed by atoms with E-state index in [9.17, 15) is 9.18 Å². The van der Waals surface area contributed by atoms with Crippen molar-refractivity contribution in [3.63, 3.8) is 0 Å². The van der Waals surface area contributed by atoms with Gasteiger partial charge >= 0.3 is 0 Å². The summed E-state index contributed by atoms with van der Waals surface area (Å²) in [4.78, 5) is 12.4. The van der Waals surface area contributed by atoms with E-state index in [0.29, 0.717) is 32.3 Å². The minimum Gasteiger partial charge on any atom is -0.454 e. The van der Waals surface area contributed by atoms with Crippen LogP contribution in [0.1, 0.15) is 6.92 Å². The Morgan fingerprint density at radius 1 is 1.21 bits per heavy atom. The van der Waals surface area contributed by atoms with Crippen molar-refractivity contribution >= 4 is 45.5 Å². The molecule has 0 bridgehead atoms. The lowest BCUT2D eigenvalue weighted by molar-refractivity contribution is -0.115. The molecule has 144 valence electrons. The molecule has 7 nitrogen and oxygen atoms in total. The largest absolute Gasteiger partial charge is 0.454 e. The fourth-order valence-electron chi connectivity index (χ4n) is 2.41. The van der Waals surface area contributed by atoms with Gasteiger partial charge in [0.2, 0.25) is 17.8 Å². The Morgan fingerprint density at radius 2 is 2.04 bits per heavy atom. The number of hydrogen-bond donors (Lipinski definition) is 2. The number of hydrogen-bond acceptors (Lipinski definition) is 8. The number of benzene rings is 2. The lowest BCUT2D eigenvalue weighted by Crippen LogP contribution is -2.22. The summed E-state index contributed by atoms with van der Waals surface area (Å²) in [5.41, 5.74) is 0.949. The van der Waals surface area contributed by atoms with Gasteiger partial charge in [0.05, 0.1) is 10.9 Å². The first-order valence-electron chi connectivity index (χ1n) is 8.31. The highest BCUT2D eigenvalue weighted by atomic mass is 32.2. The standard InChI is InChI=1S/C18H15FN4O3S2/c1-10(16(24)20-11-6-7-14-15(8-11)26-9-25-14)27-18-23-22-17(28-18)21-13-5-3-2-4-12(13)19/h2-8,10H,9H2,1H3,(H,20,24)(H,21,22)/t10-/m0/s1. The summed E-state index contributed by atoms with van der Waals surface area (Å²) in [6.45, 7) is 1.96. The molecule has 28 heavy (non-hydrogen) atoms. The van der Waals surface area contributed by atoms with Crippen LogP contribution in [0, 0.1) is 5.82 Å². The van der Waals surface area contributed by atoms with Gasteiger partial charge in [0, 0.05) is 11.8 Å². The van der Waals surface area contributed by atoms with Crippen molar-refractivity contribution in [3.05, 3.63) is 48.3 Å². The Kier molecular flexibility index (Phi) is 5.31. The minimum absolute atomic E-state index is 0.178. The maximum absolute atomic E-state index is 13.7. The van der Waals surface area contributed by atoms with E-state index in [4.69, 9.17) is 9.47 Å². The second-order valence-electron chi connectivity index (χ2n) is 5.80. The quantitative estimate of drug-likeness (QED) is 0.578. The van der Waals surface area contributed by atoms with Crippen LogP contribution in [-0.2, 0) is 4.79 Å². The predicted molar refractivity (Wildman–Crippen MR) is 106 cm³/mol. The lowest BCUT2D eigenvalue weighted by Gasteiger charge is -2.10. The van der Waals surface area contributed by atoms with Gasteiger partial charge in [-0.05, 0) is 31.2 Å². The molecule has 1 amide bonds. The normalized spacial score (nSPS) is 13.2. The molecule has 1 aliphatic heterocycles. The zero-order chi connectivity index (χ0) is 19.5. The summed E-state index contributed by atoms with van der Waals surface area (Å²) in [7, 11) is 0. The molecule has 10 heteroatoms. The van der Waals surface area contributed by atoms with Gasteiger partial charge in [-0.25, -0.2) is 4.39 Å². The average Bonchev–Trinajstić information content (AvgIpc) is 3.32. The number of ether oxygens (including phenoxy) is 2. The monoisotopic (exact) mass is 418 g/mol. The van der Waals surface area contributed by atoms with Gasteiger partial charge in [-0.3, -0.25) is 4.79 Å². The van der Waals surface area contributed by atoms with Gasteiger partial charge in [-0.15, -0.1) is 10.2 Å². The van der Waals surface area contributed by atoms with Gasteiger partial charge in [0.15, 0.2) is 15.8 Å². The molecule has 1 aromatic heterocycles. The number of carbonyl (C=O) groups is 1. The second-order valence-corrected chi connectivity index (χ2v) is 8.36. The number of carbonyl (C=O) groups excluding carboxylic acids is 1. The van der Waals surface area contributed by atoms with Crippen LogP contribution in [0.2, 0.25) is 0 Å². The van der Waals surface area contributed by atoms with Crippen LogP contribution < -0.4 is 20.1 Å². The van der Waals surface area contributed by atoms with E-state index < -0.39 is 5.25 Å². The summed E-state index contributed by atoms with van der Waals surface area (Å²) in [6, 6.07) is 11.5. The molecule has 3 aromatic rings. The molecule has 1 aliphatic rings. The number of nitrogens with one attached hydrogen (secondary N) is 2. The molecule has 2 N–H and O–H groups in total. The third-order valence-corrected chi connectivity index (χ3v) is 5.83. The van der Waals surface area contributed by atoms with Crippen LogP contribution in [0.15, 0.2) is 46.8 Å². The van der Waals surface area contributed by atoms with Crippen LogP contribution in [0.5, 0.6) is 11.5 Å². The second kappa shape index (κ2) is 8.03. The first kappa shape index (κ1) is 18.5. The molecular formula is C18H15FN4O3S2. The maximum atomic E-state index is 13.7. The molecule has 0 radical (unpaired) electrons. The van der Waals surface area contributed by atoms with Crippen molar-refractivity contribution in [1.82, 2.24) is 10.2 Å². The number of halogens is 1. The zero-order valence-corrected chi connectivity index (χ0v) is 16.3. The van der Waals surface area contributed by atoms with Crippen molar-refractivity contribution in [2.24, 2.45) is 0 Å². The molecule has 2 aromatic carbocycles. The maximum Gasteiger partial charge on any atom is 0.237 e. The van der Waals surface area contributed by atoms with Crippen LogP contribution in [0.25, 0.3) is 0 Å². The van der Waals surface area contributed by atoms with Gasteiger partial charge in [-0.2, -0.15) is 0 Å². The minimum atomic E-state index is -0.403. The summed E-state index contributed by atoms with van der Waals surface area (Å²) >= 11 is 2.53. The van der Waals surface area contributed by atoms with E-state index in [1.807, 2.05) is 0 Å². The average molecular weight is 418 g/mol. The Labute approximate surface area is 168 Å². The molecule has 0 spiro atoms.